The highest BCUT2D eigenvalue weighted by Crippen LogP contribution is 2.29. The van der Waals surface area contributed by atoms with Crippen LogP contribution < -0.4 is 10.5 Å². The zero-order chi connectivity index (χ0) is 13.7. The fraction of sp³-hybridized carbons (Fsp3) is 0.462. The molecule has 1 rings (SSSR count). The third kappa shape index (κ3) is 3.71. The van der Waals surface area contributed by atoms with Gasteiger partial charge in [0, 0.05) is 4.47 Å². The third-order valence-corrected chi connectivity index (χ3v) is 3.09. The number of benzene rings is 1. The monoisotopic (exact) mass is 315 g/mol. The summed E-state index contributed by atoms with van der Waals surface area (Å²) in [5.41, 5.74) is 7.41. The Morgan fingerprint density at radius 2 is 2.22 bits per heavy atom. The van der Waals surface area contributed by atoms with Gasteiger partial charge in [-0.2, -0.15) is 0 Å². The second-order valence-electron chi connectivity index (χ2n) is 4.10. The summed E-state index contributed by atoms with van der Waals surface area (Å²) in [5.74, 6) is -0.309. The standard InChI is InChI=1S/C13H18BrNO3/c1-3-11(13(16)17)18-12-8(2)6-10(14)7-9(12)4-5-15/h6-7,11H,3-5,15H2,1-2H3,(H,16,17). The average molecular weight is 316 g/mol. The van der Waals surface area contributed by atoms with Gasteiger partial charge in [-0.05, 0) is 49.6 Å². The van der Waals surface area contributed by atoms with Crippen molar-refractivity contribution in [2.24, 2.45) is 5.73 Å². The van der Waals surface area contributed by atoms with E-state index in [1.54, 1.807) is 6.92 Å². The molecule has 0 heterocycles. The molecule has 1 aromatic rings. The molecule has 18 heavy (non-hydrogen) atoms. The first-order chi connectivity index (χ1) is 8.49. The Balaban J connectivity index is 3.09. The lowest BCUT2D eigenvalue weighted by atomic mass is 10.1. The summed E-state index contributed by atoms with van der Waals surface area (Å²) in [6, 6.07) is 3.83. The predicted octanol–water partition coefficient (Wildman–Crippen LogP) is 2.50. The van der Waals surface area contributed by atoms with Crippen LogP contribution in [0.15, 0.2) is 16.6 Å². The molecule has 1 unspecified atom stereocenters. The molecule has 0 spiro atoms. The number of rotatable bonds is 6. The summed E-state index contributed by atoms with van der Waals surface area (Å²) in [4.78, 5) is 11.0. The SMILES string of the molecule is CCC(Oc1c(C)cc(Br)cc1CCN)C(=O)O. The number of hydrogen-bond donors (Lipinski definition) is 2. The van der Waals surface area contributed by atoms with E-state index in [0.29, 0.717) is 25.1 Å². The molecule has 4 nitrogen and oxygen atoms in total. The van der Waals surface area contributed by atoms with E-state index in [2.05, 4.69) is 15.9 Å². The van der Waals surface area contributed by atoms with Crippen LogP contribution in [0.4, 0.5) is 0 Å². The summed E-state index contributed by atoms with van der Waals surface area (Å²) in [7, 11) is 0. The van der Waals surface area contributed by atoms with Crippen molar-refractivity contribution < 1.29 is 14.6 Å². The number of carbonyl (C=O) groups is 1. The summed E-state index contributed by atoms with van der Waals surface area (Å²) < 4.78 is 6.56. The molecule has 1 atom stereocenters. The van der Waals surface area contributed by atoms with Crippen LogP contribution in [0.2, 0.25) is 0 Å². The highest BCUT2D eigenvalue weighted by atomic mass is 79.9. The molecule has 0 fully saturated rings. The first kappa shape index (κ1) is 15.0. The summed E-state index contributed by atoms with van der Waals surface area (Å²) >= 11 is 3.42. The van der Waals surface area contributed by atoms with E-state index in [1.807, 2.05) is 19.1 Å². The highest BCUT2D eigenvalue weighted by Gasteiger charge is 2.19. The van der Waals surface area contributed by atoms with Gasteiger partial charge in [-0.3, -0.25) is 0 Å². The number of carboxylic acid groups (broad SMARTS) is 1. The fourth-order valence-corrected chi connectivity index (χ4v) is 2.38. The minimum atomic E-state index is -0.946. The van der Waals surface area contributed by atoms with E-state index in [-0.39, 0.29) is 0 Å². The van der Waals surface area contributed by atoms with Crippen molar-refractivity contribution in [3.63, 3.8) is 0 Å². The van der Waals surface area contributed by atoms with Crippen molar-refractivity contribution >= 4 is 21.9 Å². The van der Waals surface area contributed by atoms with Crippen LogP contribution in [0.5, 0.6) is 5.75 Å². The quantitative estimate of drug-likeness (QED) is 0.846. The second-order valence-corrected chi connectivity index (χ2v) is 5.02. The largest absolute Gasteiger partial charge is 0.479 e. The molecule has 0 saturated heterocycles. The second kappa shape index (κ2) is 6.75. The number of nitrogens with two attached hydrogens (primary N) is 1. The molecule has 0 saturated carbocycles. The molecule has 0 radical (unpaired) electrons. The number of aliphatic carboxylic acids is 1. The summed E-state index contributed by atoms with van der Waals surface area (Å²) in [6.45, 7) is 4.18. The van der Waals surface area contributed by atoms with E-state index < -0.39 is 12.1 Å². The molecule has 5 heteroatoms. The van der Waals surface area contributed by atoms with Crippen molar-refractivity contribution in [3.8, 4) is 5.75 Å². The van der Waals surface area contributed by atoms with E-state index in [4.69, 9.17) is 15.6 Å². The predicted molar refractivity (Wildman–Crippen MR) is 74.0 cm³/mol. The molecule has 1 aromatic carbocycles. The first-order valence-corrected chi connectivity index (χ1v) is 6.67. The maximum absolute atomic E-state index is 11.0. The number of carboxylic acids is 1. The van der Waals surface area contributed by atoms with E-state index in [1.165, 1.54) is 0 Å². The summed E-state index contributed by atoms with van der Waals surface area (Å²) in [5, 5.41) is 9.04. The molecule has 3 N–H and O–H groups in total. The van der Waals surface area contributed by atoms with Crippen LogP contribution in [0.3, 0.4) is 0 Å². The Labute approximate surface area is 115 Å². The Kier molecular flexibility index (Phi) is 5.62. The minimum Gasteiger partial charge on any atom is -0.479 e. The van der Waals surface area contributed by atoms with Gasteiger partial charge >= 0.3 is 5.97 Å². The fourth-order valence-electron chi connectivity index (χ4n) is 1.76. The van der Waals surface area contributed by atoms with E-state index >= 15 is 0 Å². The molecule has 0 aliphatic carbocycles. The number of ether oxygens (including phenoxy) is 1. The number of hydrogen-bond acceptors (Lipinski definition) is 3. The van der Waals surface area contributed by atoms with Gasteiger partial charge in [-0.15, -0.1) is 0 Å². The first-order valence-electron chi connectivity index (χ1n) is 5.88. The maximum Gasteiger partial charge on any atom is 0.344 e. The third-order valence-electron chi connectivity index (χ3n) is 2.64. The van der Waals surface area contributed by atoms with Gasteiger partial charge in [0.05, 0.1) is 0 Å². The lowest BCUT2D eigenvalue weighted by Crippen LogP contribution is -2.27. The van der Waals surface area contributed by atoms with Crippen molar-refractivity contribution in [2.75, 3.05) is 6.54 Å². The molecular formula is C13H18BrNO3. The Bertz CT molecular complexity index is 434. The lowest BCUT2D eigenvalue weighted by Gasteiger charge is -2.18. The van der Waals surface area contributed by atoms with Gasteiger partial charge in [0.1, 0.15) is 5.75 Å². The molecule has 0 aromatic heterocycles. The normalized spacial score (nSPS) is 12.2. The number of halogens is 1. The molecule has 0 aliphatic heterocycles. The van der Waals surface area contributed by atoms with Crippen LogP contribution in [0, 0.1) is 6.92 Å². The minimum absolute atomic E-state index is 0.424. The van der Waals surface area contributed by atoms with Gasteiger partial charge < -0.3 is 15.6 Å². The van der Waals surface area contributed by atoms with E-state index in [0.717, 1.165) is 15.6 Å². The van der Waals surface area contributed by atoms with Crippen LogP contribution in [0.1, 0.15) is 24.5 Å². The van der Waals surface area contributed by atoms with Gasteiger partial charge in [-0.25, -0.2) is 4.79 Å². The molecule has 0 amide bonds. The smallest absolute Gasteiger partial charge is 0.344 e. The maximum atomic E-state index is 11.0. The van der Waals surface area contributed by atoms with E-state index in [9.17, 15) is 4.79 Å². The average Bonchev–Trinajstić information content (AvgIpc) is 2.28. The Hall–Kier alpha value is -1.07. The molecule has 0 aliphatic rings. The van der Waals surface area contributed by atoms with Crippen LogP contribution in [0.25, 0.3) is 0 Å². The zero-order valence-corrected chi connectivity index (χ0v) is 12.2. The molecule has 0 bridgehead atoms. The van der Waals surface area contributed by atoms with Crippen molar-refractivity contribution in [3.05, 3.63) is 27.7 Å². The van der Waals surface area contributed by atoms with Crippen LogP contribution >= 0.6 is 15.9 Å². The van der Waals surface area contributed by atoms with Gasteiger partial charge in [-0.1, -0.05) is 22.9 Å². The highest BCUT2D eigenvalue weighted by molar-refractivity contribution is 9.10. The lowest BCUT2D eigenvalue weighted by molar-refractivity contribution is -0.145. The van der Waals surface area contributed by atoms with Crippen molar-refractivity contribution in [2.45, 2.75) is 32.8 Å². The van der Waals surface area contributed by atoms with Gasteiger partial charge in [0.15, 0.2) is 6.10 Å². The zero-order valence-electron chi connectivity index (χ0n) is 10.6. The Morgan fingerprint density at radius 1 is 1.56 bits per heavy atom. The van der Waals surface area contributed by atoms with Crippen molar-refractivity contribution in [1.82, 2.24) is 0 Å². The summed E-state index contributed by atoms with van der Waals surface area (Å²) in [6.07, 6.45) is 0.264. The van der Waals surface area contributed by atoms with Gasteiger partial charge in [0.25, 0.3) is 0 Å². The number of aryl methyl sites for hydroxylation is 1. The van der Waals surface area contributed by atoms with Crippen LogP contribution in [-0.2, 0) is 11.2 Å². The van der Waals surface area contributed by atoms with Gasteiger partial charge in [0.2, 0.25) is 0 Å². The Morgan fingerprint density at radius 3 is 2.72 bits per heavy atom. The van der Waals surface area contributed by atoms with Crippen molar-refractivity contribution in [1.29, 1.82) is 0 Å². The molecular weight excluding hydrogens is 298 g/mol. The topological polar surface area (TPSA) is 72.5 Å². The molecule has 100 valence electrons. The van der Waals surface area contributed by atoms with Crippen LogP contribution in [-0.4, -0.2) is 23.7 Å².